The van der Waals surface area contributed by atoms with E-state index in [1.165, 1.54) is 10.9 Å². The largest absolute Gasteiger partial charge is 0.341 e. The van der Waals surface area contributed by atoms with Gasteiger partial charge in [-0.2, -0.15) is 4.98 Å². The minimum absolute atomic E-state index is 0.0338. The fraction of sp³-hybridized carbons (Fsp3) is 0.632. The van der Waals surface area contributed by atoms with E-state index in [0.717, 1.165) is 38.1 Å². The minimum Gasteiger partial charge on any atom is -0.341 e. The highest BCUT2D eigenvalue weighted by Crippen LogP contribution is 2.38. The van der Waals surface area contributed by atoms with Crippen molar-refractivity contribution in [3.63, 3.8) is 0 Å². The quantitative estimate of drug-likeness (QED) is 0.792. The zero-order chi connectivity index (χ0) is 19.0. The molecule has 1 saturated heterocycles. The van der Waals surface area contributed by atoms with Crippen molar-refractivity contribution in [3.8, 4) is 0 Å². The van der Waals surface area contributed by atoms with Gasteiger partial charge in [-0.1, -0.05) is 5.16 Å². The molecule has 1 atom stereocenters. The first-order valence-corrected chi connectivity index (χ1v) is 9.64. The van der Waals surface area contributed by atoms with E-state index < -0.39 is 0 Å². The third-order valence-corrected chi connectivity index (χ3v) is 5.58. The second kappa shape index (κ2) is 7.25. The molecule has 0 radical (unpaired) electrons. The minimum atomic E-state index is -0.150. The first-order valence-electron chi connectivity index (χ1n) is 9.64. The lowest BCUT2D eigenvalue weighted by atomic mass is 9.94. The third-order valence-electron chi connectivity index (χ3n) is 5.58. The number of aromatic nitrogens is 4. The highest BCUT2D eigenvalue weighted by atomic mass is 16.5. The number of likely N-dealkylation sites (tertiary alicyclic amines) is 1. The monoisotopic (exact) mass is 371 g/mol. The fourth-order valence-corrected chi connectivity index (χ4v) is 3.60. The van der Waals surface area contributed by atoms with Crippen molar-refractivity contribution in [1.82, 2.24) is 24.6 Å². The maximum atomic E-state index is 12.7. The summed E-state index contributed by atoms with van der Waals surface area (Å²) in [5, 5.41) is 4.07. The molecule has 8 heteroatoms. The lowest BCUT2D eigenvalue weighted by Gasteiger charge is -2.32. The van der Waals surface area contributed by atoms with Gasteiger partial charge in [-0.25, -0.2) is 4.98 Å². The molecule has 1 amide bonds. The van der Waals surface area contributed by atoms with Gasteiger partial charge in [0.1, 0.15) is 6.54 Å². The van der Waals surface area contributed by atoms with Crippen molar-refractivity contribution in [3.05, 3.63) is 39.7 Å². The Labute approximate surface area is 157 Å². The number of piperidine rings is 1. The van der Waals surface area contributed by atoms with Gasteiger partial charge in [0, 0.05) is 36.7 Å². The topological polar surface area (TPSA) is 94.1 Å². The molecule has 0 unspecified atom stereocenters. The summed E-state index contributed by atoms with van der Waals surface area (Å²) in [6.45, 7) is 4.95. The van der Waals surface area contributed by atoms with Crippen molar-refractivity contribution in [2.45, 2.75) is 58.4 Å². The maximum Gasteiger partial charge on any atom is 0.256 e. The van der Waals surface area contributed by atoms with Gasteiger partial charge >= 0.3 is 0 Å². The summed E-state index contributed by atoms with van der Waals surface area (Å²) in [5.41, 5.74) is 1.14. The summed E-state index contributed by atoms with van der Waals surface area (Å²) in [6.07, 6.45) is 6.45. The van der Waals surface area contributed by atoms with Crippen LogP contribution in [0.25, 0.3) is 0 Å². The lowest BCUT2D eigenvalue weighted by Crippen LogP contribution is -2.43. The average Bonchev–Trinajstić information content (AvgIpc) is 3.42. The van der Waals surface area contributed by atoms with Crippen molar-refractivity contribution in [2.24, 2.45) is 5.92 Å². The summed E-state index contributed by atoms with van der Waals surface area (Å²) in [5.74, 6) is 2.25. The molecule has 1 aliphatic carbocycles. The highest BCUT2D eigenvalue weighted by molar-refractivity contribution is 5.76. The van der Waals surface area contributed by atoms with Gasteiger partial charge in [0.05, 0.1) is 6.33 Å². The fourth-order valence-electron chi connectivity index (χ4n) is 3.60. The molecule has 0 spiro atoms. The molecule has 2 fully saturated rings. The number of nitrogens with zero attached hydrogens (tertiary/aromatic N) is 5. The Balaban J connectivity index is 1.37. The van der Waals surface area contributed by atoms with Crippen LogP contribution in [0.15, 0.2) is 15.6 Å². The maximum absolute atomic E-state index is 12.7. The number of carbonyl (C=O) groups is 1. The smallest absolute Gasteiger partial charge is 0.256 e. The zero-order valence-corrected chi connectivity index (χ0v) is 15.8. The van der Waals surface area contributed by atoms with Crippen molar-refractivity contribution >= 4 is 5.91 Å². The van der Waals surface area contributed by atoms with Crippen LogP contribution in [-0.2, 0) is 17.8 Å². The van der Waals surface area contributed by atoms with Crippen LogP contribution in [0, 0.1) is 19.8 Å². The van der Waals surface area contributed by atoms with Gasteiger partial charge in [0.25, 0.3) is 5.56 Å². The zero-order valence-electron chi connectivity index (χ0n) is 15.8. The van der Waals surface area contributed by atoms with Crippen LogP contribution in [0.5, 0.6) is 0 Å². The number of amides is 1. The van der Waals surface area contributed by atoms with Gasteiger partial charge in [-0.15, -0.1) is 0 Å². The first-order chi connectivity index (χ1) is 13.0. The number of rotatable bonds is 5. The lowest BCUT2D eigenvalue weighted by molar-refractivity contribution is -0.133. The highest BCUT2D eigenvalue weighted by Gasteiger charge is 2.30. The Morgan fingerprint density at radius 2 is 2.11 bits per heavy atom. The van der Waals surface area contributed by atoms with E-state index in [9.17, 15) is 9.59 Å². The molecule has 2 aromatic rings. The van der Waals surface area contributed by atoms with Gasteiger partial charge < -0.3 is 9.42 Å². The van der Waals surface area contributed by atoms with Crippen molar-refractivity contribution in [2.75, 3.05) is 13.1 Å². The third kappa shape index (κ3) is 3.94. The second-order valence-corrected chi connectivity index (χ2v) is 7.76. The van der Waals surface area contributed by atoms with E-state index in [-0.39, 0.29) is 18.0 Å². The first kappa shape index (κ1) is 17.9. The molecule has 0 N–H and O–H groups in total. The average molecular weight is 371 g/mol. The van der Waals surface area contributed by atoms with Crippen molar-refractivity contribution < 1.29 is 9.32 Å². The van der Waals surface area contributed by atoms with Crippen LogP contribution >= 0.6 is 0 Å². The van der Waals surface area contributed by atoms with E-state index in [0.29, 0.717) is 41.9 Å². The van der Waals surface area contributed by atoms with E-state index in [4.69, 9.17) is 4.52 Å². The summed E-state index contributed by atoms with van der Waals surface area (Å²) < 4.78 is 6.78. The number of aryl methyl sites for hydroxylation is 1. The molecular formula is C19H25N5O3. The van der Waals surface area contributed by atoms with Gasteiger partial charge in [-0.05, 0) is 45.4 Å². The molecule has 0 aromatic carbocycles. The van der Waals surface area contributed by atoms with Gasteiger partial charge in [-0.3, -0.25) is 14.2 Å². The Hall–Kier alpha value is -2.51. The second-order valence-electron chi connectivity index (χ2n) is 7.76. The summed E-state index contributed by atoms with van der Waals surface area (Å²) in [4.78, 5) is 35.5. The number of hydrogen-bond acceptors (Lipinski definition) is 6. The molecule has 8 nitrogen and oxygen atoms in total. The van der Waals surface area contributed by atoms with E-state index in [1.807, 2.05) is 4.90 Å². The van der Waals surface area contributed by atoms with Gasteiger partial charge in [0.15, 0.2) is 5.82 Å². The Kier molecular flexibility index (Phi) is 4.80. The predicted molar refractivity (Wildman–Crippen MR) is 97.3 cm³/mol. The Bertz CT molecular complexity index is 899. The standard InChI is InChI=1S/C19H25N5O3/c1-12-13(2)20-11-24(19(12)26)10-17(25)23-7-3-4-14(9-23)8-16-21-18(22-27-16)15-5-6-15/h11,14-15H,3-10H2,1-2H3/t14-/m0/s1. The molecule has 4 rings (SSSR count). The summed E-state index contributed by atoms with van der Waals surface area (Å²) in [6, 6.07) is 0. The van der Waals surface area contributed by atoms with Crippen LogP contribution in [0.3, 0.4) is 0 Å². The number of hydrogen-bond donors (Lipinski definition) is 0. The van der Waals surface area contributed by atoms with E-state index >= 15 is 0 Å². The van der Waals surface area contributed by atoms with Crippen LogP contribution in [0.1, 0.15) is 54.6 Å². The number of carbonyl (C=O) groups excluding carboxylic acids is 1. The summed E-state index contributed by atoms with van der Waals surface area (Å²) in [7, 11) is 0. The molecule has 1 aliphatic heterocycles. The Morgan fingerprint density at radius 1 is 1.30 bits per heavy atom. The summed E-state index contributed by atoms with van der Waals surface area (Å²) >= 11 is 0. The Morgan fingerprint density at radius 3 is 2.89 bits per heavy atom. The normalized spacial score (nSPS) is 20.1. The van der Waals surface area contributed by atoms with Crippen LogP contribution in [-0.4, -0.2) is 43.6 Å². The molecule has 3 heterocycles. The molecule has 0 bridgehead atoms. The van der Waals surface area contributed by atoms with Crippen LogP contribution < -0.4 is 5.56 Å². The van der Waals surface area contributed by atoms with E-state index in [1.54, 1.807) is 13.8 Å². The predicted octanol–water partition coefficient (Wildman–Crippen LogP) is 1.60. The van der Waals surface area contributed by atoms with Crippen LogP contribution in [0.4, 0.5) is 0 Å². The molecule has 2 aromatic heterocycles. The molecule has 144 valence electrons. The van der Waals surface area contributed by atoms with Gasteiger partial charge in [0.2, 0.25) is 11.8 Å². The van der Waals surface area contributed by atoms with Crippen LogP contribution in [0.2, 0.25) is 0 Å². The molecule has 27 heavy (non-hydrogen) atoms. The van der Waals surface area contributed by atoms with Crippen molar-refractivity contribution in [1.29, 1.82) is 0 Å². The molecular weight excluding hydrogens is 346 g/mol. The molecule has 2 aliphatic rings. The molecule has 1 saturated carbocycles. The SMILES string of the molecule is Cc1ncn(CC(=O)N2CCC[C@@H](Cc3nc(C4CC4)no3)C2)c(=O)c1C. The van der Waals surface area contributed by atoms with E-state index in [2.05, 4.69) is 15.1 Å².